The highest BCUT2D eigenvalue weighted by atomic mass is 16.5. The molecule has 4 rings (SSSR count). The lowest BCUT2D eigenvalue weighted by molar-refractivity contribution is -0.119. The second-order valence-corrected chi connectivity index (χ2v) is 8.78. The van der Waals surface area contributed by atoms with Crippen LogP contribution in [0.2, 0.25) is 0 Å². The number of ether oxygens (including phenoxy) is 1. The van der Waals surface area contributed by atoms with Gasteiger partial charge < -0.3 is 25.2 Å². The average molecular weight is 489 g/mol. The van der Waals surface area contributed by atoms with Crippen LogP contribution in [0.3, 0.4) is 0 Å². The molecule has 3 aromatic rings. The standard InChI is InChI=1S/C19H22N4O2.C9H14N2/c1-25-16-7-2-5-14(11-16)18(20)17-8-3-9-21-19(17)22-15-6-4-10-23(12-15)13-24;1-10-8-4-6-9(7-5-8)11(2)3/h2-3,5,7-9,11,13,15,20H,4,6,10,12H2,1H3,(H,21,22);4-7,10H,1-3H3. The number of hydrogen-bond donors (Lipinski definition) is 3. The van der Waals surface area contributed by atoms with Crippen LogP contribution >= 0.6 is 0 Å². The molecule has 1 aliphatic heterocycles. The smallest absolute Gasteiger partial charge is 0.209 e. The molecule has 8 heteroatoms. The SMILES string of the molecule is CNc1ccc(N(C)C)cc1.COc1cccc(C(=N)c2cccnc2NC2CCCN(C=O)C2)c1. The van der Waals surface area contributed by atoms with Crippen molar-refractivity contribution in [2.45, 2.75) is 18.9 Å². The number of nitrogens with one attached hydrogen (secondary N) is 3. The highest BCUT2D eigenvalue weighted by Crippen LogP contribution is 2.22. The molecule has 8 nitrogen and oxygen atoms in total. The van der Waals surface area contributed by atoms with Gasteiger partial charge in [-0.3, -0.25) is 10.2 Å². The number of benzene rings is 2. The molecule has 2 aromatic carbocycles. The predicted molar refractivity (Wildman–Crippen MR) is 148 cm³/mol. The molecule has 0 radical (unpaired) electrons. The number of likely N-dealkylation sites (tertiary alicyclic amines) is 1. The van der Waals surface area contributed by atoms with E-state index in [1.165, 1.54) is 5.69 Å². The molecule has 0 spiro atoms. The Bertz CT molecular complexity index is 1130. The molecule has 1 aromatic heterocycles. The van der Waals surface area contributed by atoms with E-state index in [4.69, 9.17) is 10.1 Å². The zero-order valence-corrected chi connectivity index (χ0v) is 21.5. The van der Waals surface area contributed by atoms with Crippen molar-refractivity contribution in [2.75, 3.05) is 56.9 Å². The van der Waals surface area contributed by atoms with Gasteiger partial charge in [-0.1, -0.05) is 12.1 Å². The quantitative estimate of drug-likeness (QED) is 0.323. The van der Waals surface area contributed by atoms with Crippen molar-refractivity contribution in [1.29, 1.82) is 5.41 Å². The summed E-state index contributed by atoms with van der Waals surface area (Å²) in [7, 11) is 7.61. The van der Waals surface area contributed by atoms with E-state index in [-0.39, 0.29) is 6.04 Å². The predicted octanol–water partition coefficient (Wildman–Crippen LogP) is 4.33. The summed E-state index contributed by atoms with van der Waals surface area (Å²) in [6, 6.07) is 19.6. The fourth-order valence-corrected chi connectivity index (χ4v) is 4.00. The topological polar surface area (TPSA) is 93.6 Å². The first-order valence-corrected chi connectivity index (χ1v) is 12.0. The summed E-state index contributed by atoms with van der Waals surface area (Å²) < 4.78 is 5.25. The molecule has 1 amide bonds. The summed E-state index contributed by atoms with van der Waals surface area (Å²) >= 11 is 0. The molecule has 2 heterocycles. The first-order chi connectivity index (χ1) is 17.4. The maximum atomic E-state index is 11.0. The second-order valence-electron chi connectivity index (χ2n) is 8.78. The Morgan fingerprint density at radius 1 is 1.17 bits per heavy atom. The summed E-state index contributed by atoms with van der Waals surface area (Å²) in [6.45, 7) is 1.46. The van der Waals surface area contributed by atoms with Crippen molar-refractivity contribution in [2.24, 2.45) is 0 Å². The summed E-state index contributed by atoms with van der Waals surface area (Å²) in [5, 5.41) is 15.1. The van der Waals surface area contributed by atoms with E-state index in [2.05, 4.69) is 44.8 Å². The van der Waals surface area contributed by atoms with Gasteiger partial charge in [0.05, 0.1) is 12.8 Å². The van der Waals surface area contributed by atoms with Crippen LogP contribution in [0.5, 0.6) is 5.75 Å². The highest BCUT2D eigenvalue weighted by molar-refractivity contribution is 6.13. The lowest BCUT2D eigenvalue weighted by Gasteiger charge is -2.31. The first-order valence-electron chi connectivity index (χ1n) is 12.0. The van der Waals surface area contributed by atoms with E-state index in [0.29, 0.717) is 18.1 Å². The number of methoxy groups -OCH3 is 1. The van der Waals surface area contributed by atoms with Crippen molar-refractivity contribution >= 4 is 29.3 Å². The number of piperidine rings is 1. The van der Waals surface area contributed by atoms with Gasteiger partial charge in [0.15, 0.2) is 0 Å². The van der Waals surface area contributed by atoms with Crippen LogP contribution in [0.1, 0.15) is 24.0 Å². The van der Waals surface area contributed by atoms with E-state index in [1.807, 2.05) is 57.5 Å². The molecular weight excluding hydrogens is 452 g/mol. The zero-order valence-electron chi connectivity index (χ0n) is 21.5. The highest BCUT2D eigenvalue weighted by Gasteiger charge is 2.21. The van der Waals surface area contributed by atoms with Crippen LogP contribution in [-0.4, -0.2) is 69.4 Å². The fourth-order valence-electron chi connectivity index (χ4n) is 4.00. The number of rotatable bonds is 8. The van der Waals surface area contributed by atoms with Gasteiger partial charge in [-0.05, 0) is 61.4 Å². The third kappa shape index (κ3) is 7.21. The van der Waals surface area contributed by atoms with Crippen LogP contribution in [0.15, 0.2) is 66.9 Å². The normalized spacial score (nSPS) is 14.7. The van der Waals surface area contributed by atoms with E-state index in [0.717, 1.165) is 48.4 Å². The Balaban J connectivity index is 0.000000275. The lowest BCUT2D eigenvalue weighted by atomic mass is 10.0. The Labute approximate surface area is 213 Å². The van der Waals surface area contributed by atoms with Gasteiger partial charge in [-0.2, -0.15) is 0 Å². The number of carbonyl (C=O) groups excluding carboxylic acids is 1. The van der Waals surface area contributed by atoms with Gasteiger partial charge >= 0.3 is 0 Å². The molecule has 0 aliphatic carbocycles. The summed E-state index contributed by atoms with van der Waals surface area (Å²) in [6.07, 6.45) is 4.55. The second kappa shape index (κ2) is 13.1. The first kappa shape index (κ1) is 26.5. The number of hydrogen-bond acceptors (Lipinski definition) is 7. The van der Waals surface area contributed by atoms with Gasteiger partial charge in [-0.25, -0.2) is 4.98 Å². The van der Waals surface area contributed by atoms with Crippen LogP contribution in [0.25, 0.3) is 0 Å². The van der Waals surface area contributed by atoms with E-state index >= 15 is 0 Å². The van der Waals surface area contributed by atoms with E-state index < -0.39 is 0 Å². The Morgan fingerprint density at radius 2 is 1.94 bits per heavy atom. The van der Waals surface area contributed by atoms with Gasteiger partial charge in [0.2, 0.25) is 6.41 Å². The van der Waals surface area contributed by atoms with Crippen molar-refractivity contribution in [1.82, 2.24) is 9.88 Å². The van der Waals surface area contributed by atoms with Gasteiger partial charge in [0.1, 0.15) is 11.6 Å². The van der Waals surface area contributed by atoms with Crippen molar-refractivity contribution in [3.8, 4) is 5.75 Å². The molecule has 1 fully saturated rings. The van der Waals surface area contributed by atoms with Crippen LogP contribution < -0.4 is 20.3 Å². The van der Waals surface area contributed by atoms with Gasteiger partial charge in [0, 0.05) is 69.0 Å². The van der Waals surface area contributed by atoms with E-state index in [9.17, 15) is 4.79 Å². The molecule has 3 N–H and O–H groups in total. The summed E-state index contributed by atoms with van der Waals surface area (Å²) in [5.41, 5.74) is 4.27. The van der Waals surface area contributed by atoms with E-state index in [1.54, 1.807) is 18.2 Å². The number of amides is 1. The van der Waals surface area contributed by atoms with Crippen molar-refractivity contribution in [3.63, 3.8) is 0 Å². The number of nitrogens with zero attached hydrogens (tertiary/aromatic N) is 3. The summed E-state index contributed by atoms with van der Waals surface area (Å²) in [5.74, 6) is 1.39. The molecule has 0 bridgehead atoms. The van der Waals surface area contributed by atoms with Crippen molar-refractivity contribution < 1.29 is 9.53 Å². The Hall–Kier alpha value is -4.07. The molecule has 1 atom stereocenters. The Kier molecular flexibility index (Phi) is 9.68. The van der Waals surface area contributed by atoms with Crippen molar-refractivity contribution in [3.05, 3.63) is 78.0 Å². The third-order valence-corrected chi connectivity index (χ3v) is 6.05. The van der Waals surface area contributed by atoms with Gasteiger partial charge in [-0.15, -0.1) is 0 Å². The maximum absolute atomic E-state index is 11.0. The summed E-state index contributed by atoms with van der Waals surface area (Å²) in [4.78, 5) is 19.3. The number of aromatic nitrogens is 1. The number of pyridine rings is 1. The molecule has 36 heavy (non-hydrogen) atoms. The minimum atomic E-state index is 0.144. The average Bonchev–Trinajstić information content (AvgIpc) is 2.93. The number of carbonyl (C=O) groups is 1. The Morgan fingerprint density at radius 3 is 2.61 bits per heavy atom. The molecule has 190 valence electrons. The molecule has 1 aliphatic rings. The molecule has 1 unspecified atom stereocenters. The maximum Gasteiger partial charge on any atom is 0.209 e. The molecular formula is C28H36N6O2. The lowest BCUT2D eigenvalue weighted by Crippen LogP contribution is -2.41. The van der Waals surface area contributed by atoms with Gasteiger partial charge in [0.25, 0.3) is 0 Å². The van der Waals surface area contributed by atoms with Crippen LogP contribution in [0, 0.1) is 5.41 Å². The zero-order chi connectivity index (χ0) is 25.9. The largest absolute Gasteiger partial charge is 0.497 e. The molecule has 1 saturated heterocycles. The number of anilines is 3. The van der Waals surface area contributed by atoms with Crippen LogP contribution in [0.4, 0.5) is 17.2 Å². The minimum absolute atomic E-state index is 0.144. The monoisotopic (exact) mass is 488 g/mol. The fraction of sp³-hybridized carbons (Fsp3) is 0.321. The third-order valence-electron chi connectivity index (χ3n) is 6.05. The van der Waals surface area contributed by atoms with Crippen LogP contribution in [-0.2, 0) is 4.79 Å². The molecule has 0 saturated carbocycles. The minimum Gasteiger partial charge on any atom is -0.497 e.